The number of pyridine rings is 1. The fourth-order valence-electron chi connectivity index (χ4n) is 2.94. The topological polar surface area (TPSA) is 151 Å². The molecule has 1 amide bonds. The van der Waals surface area contributed by atoms with E-state index in [2.05, 4.69) is 20.5 Å². The zero-order chi connectivity index (χ0) is 20.0. The maximum atomic E-state index is 13.0. The normalized spacial score (nSPS) is 11.1. The van der Waals surface area contributed by atoms with Gasteiger partial charge in [-0.25, -0.2) is 4.98 Å². The van der Waals surface area contributed by atoms with Crippen LogP contribution in [0.2, 0.25) is 0 Å². The van der Waals surface area contributed by atoms with Gasteiger partial charge in [0.15, 0.2) is 5.65 Å². The molecule has 4 aromatic heterocycles. The number of hydrogen-bond acceptors (Lipinski definition) is 7. The van der Waals surface area contributed by atoms with Crippen LogP contribution in [0.15, 0.2) is 41.6 Å². The fraction of sp³-hybridized carbons (Fsp3) is 0.118. The van der Waals surface area contributed by atoms with Crippen LogP contribution in [0.4, 0.5) is 17.3 Å². The van der Waals surface area contributed by atoms with Gasteiger partial charge in [0.25, 0.3) is 11.5 Å². The highest BCUT2D eigenvalue weighted by atomic mass is 16.1. The van der Waals surface area contributed by atoms with Gasteiger partial charge in [0, 0.05) is 25.4 Å². The molecule has 0 spiro atoms. The lowest BCUT2D eigenvalue weighted by Gasteiger charge is -2.12. The van der Waals surface area contributed by atoms with Gasteiger partial charge in [0.05, 0.1) is 12.4 Å². The van der Waals surface area contributed by atoms with Gasteiger partial charge in [-0.2, -0.15) is 14.7 Å². The van der Waals surface area contributed by atoms with Gasteiger partial charge >= 0.3 is 0 Å². The summed E-state index contributed by atoms with van der Waals surface area (Å²) in [5.41, 5.74) is 12.5. The van der Waals surface area contributed by atoms with Crippen LogP contribution < -0.4 is 22.3 Å². The van der Waals surface area contributed by atoms with Crippen molar-refractivity contribution < 1.29 is 4.79 Å². The molecule has 0 bridgehead atoms. The summed E-state index contributed by atoms with van der Waals surface area (Å²) in [6.07, 6.45) is 4.63. The second-order valence-corrected chi connectivity index (χ2v) is 6.27. The molecule has 0 aromatic carbocycles. The molecule has 4 heterocycles. The van der Waals surface area contributed by atoms with E-state index in [0.717, 1.165) is 5.56 Å². The molecule has 142 valence electrons. The van der Waals surface area contributed by atoms with Crippen molar-refractivity contribution >= 4 is 28.9 Å². The number of carbonyl (C=O) groups is 1. The number of nitrogens with two attached hydrogens (primary N) is 2. The Morgan fingerprint density at radius 1 is 1.25 bits per heavy atom. The van der Waals surface area contributed by atoms with E-state index >= 15 is 0 Å². The van der Waals surface area contributed by atoms with E-state index in [1.807, 2.05) is 6.92 Å². The minimum Gasteiger partial charge on any atom is -0.383 e. The largest absolute Gasteiger partial charge is 0.383 e. The predicted octanol–water partition coefficient (Wildman–Crippen LogP) is 0.347. The number of nitrogens with one attached hydrogen (secondary N) is 1. The third-order valence-electron chi connectivity index (χ3n) is 4.22. The molecule has 0 fully saturated rings. The number of carbonyl (C=O) groups excluding carboxylic acids is 1. The van der Waals surface area contributed by atoms with Crippen molar-refractivity contribution in [3.8, 4) is 5.82 Å². The Bertz CT molecular complexity index is 1280. The summed E-state index contributed by atoms with van der Waals surface area (Å²) in [6.45, 7) is 1.87. The van der Waals surface area contributed by atoms with E-state index in [-0.39, 0.29) is 34.1 Å². The monoisotopic (exact) mass is 379 g/mol. The minimum absolute atomic E-state index is 0.131. The molecule has 5 N–H and O–H groups in total. The van der Waals surface area contributed by atoms with Crippen molar-refractivity contribution in [3.05, 3.63) is 58.3 Å². The number of hydrogen-bond donors (Lipinski definition) is 3. The fourth-order valence-corrected chi connectivity index (χ4v) is 2.94. The zero-order valence-corrected chi connectivity index (χ0v) is 15.1. The molecule has 4 rings (SSSR count). The molecule has 0 unspecified atom stereocenters. The first kappa shape index (κ1) is 17.3. The molecular formula is C17H17N9O2. The quantitative estimate of drug-likeness (QED) is 0.462. The van der Waals surface area contributed by atoms with E-state index in [4.69, 9.17) is 11.5 Å². The SMILES string of the molecule is Cc1cc(Nc2cc(N)n3ncc(C(N)=O)c3n2)c(=O)n(-c2ccnn2C)c1. The minimum atomic E-state index is -0.673. The summed E-state index contributed by atoms with van der Waals surface area (Å²) in [5, 5.41) is 11.1. The van der Waals surface area contributed by atoms with Crippen molar-refractivity contribution in [3.63, 3.8) is 0 Å². The van der Waals surface area contributed by atoms with E-state index in [1.165, 1.54) is 21.3 Å². The summed E-state index contributed by atoms with van der Waals surface area (Å²) in [7, 11) is 1.75. The molecule has 0 atom stereocenters. The Balaban J connectivity index is 1.83. The van der Waals surface area contributed by atoms with Crippen LogP contribution in [-0.2, 0) is 7.05 Å². The highest BCUT2D eigenvalue weighted by molar-refractivity contribution is 5.98. The van der Waals surface area contributed by atoms with Crippen LogP contribution in [-0.4, -0.2) is 34.9 Å². The first-order valence-corrected chi connectivity index (χ1v) is 8.28. The molecule has 0 aliphatic heterocycles. The number of anilines is 3. The van der Waals surface area contributed by atoms with E-state index < -0.39 is 5.91 Å². The van der Waals surface area contributed by atoms with E-state index in [1.54, 1.807) is 36.3 Å². The predicted molar refractivity (Wildman–Crippen MR) is 103 cm³/mol. The van der Waals surface area contributed by atoms with Crippen molar-refractivity contribution in [2.75, 3.05) is 11.1 Å². The number of primary amides is 1. The summed E-state index contributed by atoms with van der Waals surface area (Å²) in [6, 6.07) is 4.95. The number of nitrogen functional groups attached to an aromatic ring is 1. The average molecular weight is 379 g/mol. The number of amides is 1. The third kappa shape index (κ3) is 2.74. The third-order valence-corrected chi connectivity index (χ3v) is 4.22. The van der Waals surface area contributed by atoms with Gasteiger partial charge in [-0.15, -0.1) is 0 Å². The Morgan fingerprint density at radius 2 is 2.04 bits per heavy atom. The summed E-state index contributed by atoms with van der Waals surface area (Å²) in [4.78, 5) is 28.9. The van der Waals surface area contributed by atoms with Gasteiger partial charge in [-0.1, -0.05) is 0 Å². The van der Waals surface area contributed by atoms with E-state index in [0.29, 0.717) is 5.82 Å². The maximum absolute atomic E-state index is 13.0. The van der Waals surface area contributed by atoms with Crippen LogP contribution in [0, 0.1) is 6.92 Å². The number of aromatic nitrogens is 6. The Morgan fingerprint density at radius 3 is 2.71 bits per heavy atom. The molecule has 11 nitrogen and oxygen atoms in total. The highest BCUT2D eigenvalue weighted by Gasteiger charge is 2.15. The lowest BCUT2D eigenvalue weighted by molar-refractivity contribution is 0.100. The summed E-state index contributed by atoms with van der Waals surface area (Å²) < 4.78 is 4.38. The number of aryl methyl sites for hydroxylation is 2. The highest BCUT2D eigenvalue weighted by Crippen LogP contribution is 2.20. The Kier molecular flexibility index (Phi) is 3.84. The van der Waals surface area contributed by atoms with Gasteiger partial charge in [0.2, 0.25) is 0 Å². The Labute approximate surface area is 158 Å². The first-order chi connectivity index (χ1) is 13.3. The number of fused-ring (bicyclic) bond motifs is 1. The summed E-state index contributed by atoms with van der Waals surface area (Å²) >= 11 is 0. The van der Waals surface area contributed by atoms with Crippen LogP contribution in [0.25, 0.3) is 11.5 Å². The smallest absolute Gasteiger partial charge is 0.280 e. The molecule has 0 radical (unpaired) electrons. The molecule has 4 aromatic rings. The van der Waals surface area contributed by atoms with Crippen LogP contribution in [0.5, 0.6) is 0 Å². The first-order valence-electron chi connectivity index (χ1n) is 8.28. The number of rotatable bonds is 4. The van der Waals surface area contributed by atoms with Gasteiger partial charge in [-0.3, -0.25) is 18.8 Å². The molecular weight excluding hydrogens is 362 g/mol. The van der Waals surface area contributed by atoms with E-state index in [9.17, 15) is 9.59 Å². The molecule has 0 aliphatic carbocycles. The van der Waals surface area contributed by atoms with Crippen LogP contribution in [0.3, 0.4) is 0 Å². The lowest BCUT2D eigenvalue weighted by atomic mass is 10.2. The number of nitrogens with zero attached hydrogens (tertiary/aromatic N) is 6. The van der Waals surface area contributed by atoms with Crippen molar-refractivity contribution in [2.45, 2.75) is 6.92 Å². The van der Waals surface area contributed by atoms with Gasteiger partial charge < -0.3 is 16.8 Å². The second kappa shape index (κ2) is 6.23. The van der Waals surface area contributed by atoms with Gasteiger partial charge in [0.1, 0.15) is 28.7 Å². The average Bonchev–Trinajstić information content (AvgIpc) is 3.24. The van der Waals surface area contributed by atoms with Crippen molar-refractivity contribution in [2.24, 2.45) is 12.8 Å². The van der Waals surface area contributed by atoms with Crippen LogP contribution >= 0.6 is 0 Å². The molecule has 0 saturated heterocycles. The molecule has 11 heteroatoms. The lowest BCUT2D eigenvalue weighted by Crippen LogP contribution is -2.23. The molecule has 0 aliphatic rings. The second-order valence-electron chi connectivity index (χ2n) is 6.27. The maximum Gasteiger partial charge on any atom is 0.280 e. The molecule has 0 saturated carbocycles. The zero-order valence-electron chi connectivity index (χ0n) is 15.1. The van der Waals surface area contributed by atoms with Crippen molar-refractivity contribution in [1.29, 1.82) is 0 Å². The van der Waals surface area contributed by atoms with Crippen molar-refractivity contribution in [1.82, 2.24) is 28.9 Å². The Hall–Kier alpha value is -4.15. The van der Waals surface area contributed by atoms with Gasteiger partial charge in [-0.05, 0) is 18.6 Å². The summed E-state index contributed by atoms with van der Waals surface area (Å²) in [5.74, 6) is 0.464. The molecule has 28 heavy (non-hydrogen) atoms. The van der Waals surface area contributed by atoms with Crippen LogP contribution in [0.1, 0.15) is 15.9 Å². The standard InChI is InChI=1S/C17H17N9O2/c1-9-5-11(17(28)25(8-9)14-3-4-20-24(14)2)22-13-6-12(18)26-16(23-13)10(7-21-26)15(19)27/h3-8H,18H2,1-2H3,(H2,19,27)(H,22,23).